The van der Waals surface area contributed by atoms with Crippen molar-refractivity contribution in [2.45, 2.75) is 32.9 Å². The van der Waals surface area contributed by atoms with E-state index in [1.807, 2.05) is 6.07 Å². The average molecular weight is 353 g/mol. The molecule has 0 atom stereocenters. The van der Waals surface area contributed by atoms with E-state index < -0.39 is 0 Å². The van der Waals surface area contributed by atoms with Gasteiger partial charge in [-0.1, -0.05) is 43.3 Å². The largest absolute Gasteiger partial charge is 0.364 e. The Hall–Kier alpha value is -2.76. The maximum absolute atomic E-state index is 5.34. The van der Waals surface area contributed by atoms with Gasteiger partial charge in [0.25, 0.3) is 0 Å². The van der Waals surface area contributed by atoms with Crippen molar-refractivity contribution in [3.05, 3.63) is 59.5 Å². The number of aliphatic imine (C=N–C) groups is 1. The second-order valence-electron chi connectivity index (χ2n) is 6.69. The molecule has 3 rings (SSSR count). The fourth-order valence-corrected chi connectivity index (χ4v) is 2.78. The molecule has 1 aliphatic heterocycles. The van der Waals surface area contributed by atoms with Crippen LogP contribution in [0.2, 0.25) is 0 Å². The third-order valence-electron chi connectivity index (χ3n) is 4.40. The van der Waals surface area contributed by atoms with Crippen LogP contribution in [0, 0.1) is 0 Å². The first-order valence-corrected chi connectivity index (χ1v) is 9.04. The first-order valence-electron chi connectivity index (χ1n) is 9.04. The van der Waals surface area contributed by atoms with E-state index in [2.05, 4.69) is 75.9 Å². The normalized spacial score (nSPS) is 14.3. The van der Waals surface area contributed by atoms with E-state index in [0.29, 0.717) is 19.0 Å². The summed E-state index contributed by atoms with van der Waals surface area (Å²) in [6, 6.07) is 10.6. The molecule has 1 aliphatic rings. The molecule has 2 aromatic rings. The second-order valence-corrected chi connectivity index (χ2v) is 6.69. The van der Waals surface area contributed by atoms with Gasteiger partial charge in [0, 0.05) is 38.4 Å². The predicted octanol–water partition coefficient (Wildman–Crippen LogP) is 3.04. The summed E-state index contributed by atoms with van der Waals surface area (Å²) in [7, 11) is 1.76. The van der Waals surface area contributed by atoms with Gasteiger partial charge in [0.2, 0.25) is 0 Å². The lowest BCUT2D eigenvalue weighted by molar-refractivity contribution is 0.372. The molecule has 0 saturated heterocycles. The molecule has 0 saturated carbocycles. The summed E-state index contributed by atoms with van der Waals surface area (Å²) in [5, 5.41) is 10.6. The number of nitrogens with one attached hydrogen (secondary N) is 2. The molecule has 0 unspecified atom stereocenters. The van der Waals surface area contributed by atoms with E-state index in [-0.39, 0.29) is 0 Å². The van der Waals surface area contributed by atoms with Crippen LogP contribution in [0.1, 0.15) is 36.8 Å². The topological polar surface area (TPSA) is 65.7 Å². The third kappa shape index (κ3) is 4.65. The summed E-state index contributed by atoms with van der Waals surface area (Å²) in [5.74, 6) is 1.91. The number of guanidine groups is 1. The first-order chi connectivity index (χ1) is 12.7. The zero-order valence-corrected chi connectivity index (χ0v) is 15.7. The molecule has 0 radical (unpaired) electrons. The van der Waals surface area contributed by atoms with Crippen LogP contribution >= 0.6 is 0 Å². The van der Waals surface area contributed by atoms with Crippen molar-refractivity contribution in [2.75, 3.05) is 25.0 Å². The zero-order chi connectivity index (χ0) is 18.4. The predicted molar refractivity (Wildman–Crippen MR) is 105 cm³/mol. The van der Waals surface area contributed by atoms with Crippen LogP contribution in [0.5, 0.6) is 0 Å². The maximum Gasteiger partial charge on any atom is 0.191 e. The lowest BCUT2D eigenvalue weighted by Gasteiger charge is -2.18. The maximum atomic E-state index is 5.34. The molecule has 1 aromatic heterocycles. The van der Waals surface area contributed by atoms with E-state index in [1.54, 1.807) is 7.05 Å². The van der Waals surface area contributed by atoms with E-state index in [4.69, 9.17) is 4.52 Å². The standard InChI is InChI=1S/C20H27N5O/c1-15(2)19-12-18(26-24-19)14-23-20(21-3)22-13-16-6-8-17(9-7-16)25-10-4-5-11-25/h4-9,12,15H,10-11,13-14H2,1-3H3,(H2,21,22,23). The summed E-state index contributed by atoms with van der Waals surface area (Å²) in [6.07, 6.45) is 4.40. The van der Waals surface area contributed by atoms with Gasteiger partial charge in [-0.05, 0) is 23.6 Å². The molecule has 26 heavy (non-hydrogen) atoms. The number of rotatable bonds is 6. The van der Waals surface area contributed by atoms with Gasteiger partial charge in [0.05, 0.1) is 12.2 Å². The Bertz CT molecular complexity index is 753. The fourth-order valence-electron chi connectivity index (χ4n) is 2.78. The lowest BCUT2D eigenvalue weighted by atomic mass is 10.1. The average Bonchev–Trinajstić information content (AvgIpc) is 3.34. The Morgan fingerprint density at radius 2 is 1.85 bits per heavy atom. The highest BCUT2D eigenvalue weighted by Crippen LogP contribution is 2.17. The smallest absolute Gasteiger partial charge is 0.191 e. The molecule has 2 heterocycles. The molecular weight excluding hydrogens is 326 g/mol. The first kappa shape index (κ1) is 18.0. The van der Waals surface area contributed by atoms with Gasteiger partial charge in [-0.2, -0.15) is 0 Å². The van der Waals surface area contributed by atoms with Crippen molar-refractivity contribution >= 4 is 11.6 Å². The van der Waals surface area contributed by atoms with Crippen molar-refractivity contribution in [1.29, 1.82) is 0 Å². The van der Waals surface area contributed by atoms with Gasteiger partial charge in [0.1, 0.15) is 0 Å². The van der Waals surface area contributed by atoms with E-state index >= 15 is 0 Å². The number of aromatic nitrogens is 1. The van der Waals surface area contributed by atoms with Crippen LogP contribution in [0.4, 0.5) is 5.69 Å². The Labute approximate surface area is 155 Å². The fraction of sp³-hybridized carbons (Fsp3) is 0.400. The van der Waals surface area contributed by atoms with Crippen LogP contribution < -0.4 is 15.5 Å². The zero-order valence-electron chi connectivity index (χ0n) is 15.7. The van der Waals surface area contributed by atoms with Gasteiger partial charge >= 0.3 is 0 Å². The minimum Gasteiger partial charge on any atom is -0.364 e. The number of hydrogen-bond acceptors (Lipinski definition) is 4. The molecule has 2 N–H and O–H groups in total. The highest BCUT2D eigenvalue weighted by molar-refractivity contribution is 5.79. The Morgan fingerprint density at radius 1 is 1.15 bits per heavy atom. The highest BCUT2D eigenvalue weighted by atomic mass is 16.5. The SMILES string of the molecule is CN=C(NCc1ccc(N2CC=CC2)cc1)NCc1cc(C(C)C)no1. The van der Waals surface area contributed by atoms with Crippen molar-refractivity contribution in [1.82, 2.24) is 15.8 Å². The second kappa shape index (κ2) is 8.56. The highest BCUT2D eigenvalue weighted by Gasteiger charge is 2.09. The minimum absolute atomic E-state index is 0.365. The number of benzene rings is 1. The van der Waals surface area contributed by atoms with Crippen LogP contribution in [0.15, 0.2) is 52.0 Å². The lowest BCUT2D eigenvalue weighted by Crippen LogP contribution is -2.36. The van der Waals surface area contributed by atoms with E-state index in [1.165, 1.54) is 11.3 Å². The molecule has 0 aliphatic carbocycles. The third-order valence-corrected chi connectivity index (χ3v) is 4.40. The molecule has 0 amide bonds. The molecule has 138 valence electrons. The number of anilines is 1. The quantitative estimate of drug-likeness (QED) is 0.475. The van der Waals surface area contributed by atoms with Gasteiger partial charge in [0.15, 0.2) is 11.7 Å². The Balaban J connectivity index is 1.47. The summed E-state index contributed by atoms with van der Waals surface area (Å²) in [4.78, 5) is 6.59. The van der Waals surface area contributed by atoms with E-state index in [9.17, 15) is 0 Å². The summed E-state index contributed by atoms with van der Waals surface area (Å²) in [6.45, 7) is 7.46. The molecule has 0 fully saturated rings. The molecule has 1 aromatic carbocycles. The molecule has 0 spiro atoms. The Kier molecular flexibility index (Phi) is 5.94. The van der Waals surface area contributed by atoms with Crippen molar-refractivity contribution in [3.63, 3.8) is 0 Å². The van der Waals surface area contributed by atoms with E-state index in [0.717, 1.165) is 30.5 Å². The minimum atomic E-state index is 0.365. The van der Waals surface area contributed by atoms with Gasteiger partial charge < -0.3 is 20.1 Å². The van der Waals surface area contributed by atoms with Gasteiger partial charge in [-0.3, -0.25) is 4.99 Å². The summed E-state index contributed by atoms with van der Waals surface area (Å²) >= 11 is 0. The molecule has 0 bridgehead atoms. The van der Waals surface area contributed by atoms with Crippen LogP contribution in [0.25, 0.3) is 0 Å². The van der Waals surface area contributed by atoms with Crippen molar-refractivity contribution in [2.24, 2.45) is 4.99 Å². The Morgan fingerprint density at radius 3 is 2.46 bits per heavy atom. The van der Waals surface area contributed by atoms with Crippen molar-refractivity contribution in [3.8, 4) is 0 Å². The van der Waals surface area contributed by atoms with Crippen molar-refractivity contribution < 1.29 is 4.52 Å². The van der Waals surface area contributed by atoms with Crippen LogP contribution in [0.3, 0.4) is 0 Å². The van der Waals surface area contributed by atoms with Crippen LogP contribution in [-0.2, 0) is 13.1 Å². The monoisotopic (exact) mass is 353 g/mol. The molecular formula is C20H27N5O. The summed E-state index contributed by atoms with van der Waals surface area (Å²) in [5.41, 5.74) is 3.44. The molecule has 6 heteroatoms. The summed E-state index contributed by atoms with van der Waals surface area (Å²) < 4.78 is 5.34. The van der Waals surface area contributed by atoms with Crippen LogP contribution in [-0.4, -0.2) is 31.3 Å². The molecule has 6 nitrogen and oxygen atoms in total. The number of nitrogens with zero attached hydrogens (tertiary/aromatic N) is 3. The van der Waals surface area contributed by atoms with Gasteiger partial charge in [-0.15, -0.1) is 0 Å². The van der Waals surface area contributed by atoms with Gasteiger partial charge in [-0.25, -0.2) is 0 Å². The number of hydrogen-bond donors (Lipinski definition) is 2.